The van der Waals surface area contributed by atoms with Gasteiger partial charge in [-0.1, -0.05) is 19.1 Å². The molecule has 158 valence electrons. The van der Waals surface area contributed by atoms with Crippen molar-refractivity contribution in [2.75, 3.05) is 32.1 Å². The van der Waals surface area contributed by atoms with Crippen LogP contribution in [-0.2, 0) is 17.7 Å². The fourth-order valence-electron chi connectivity index (χ4n) is 3.71. The first-order chi connectivity index (χ1) is 14.5. The Morgan fingerprint density at radius 3 is 2.87 bits per heavy atom. The number of carbonyl (C=O) groups excluding carboxylic acids is 2. The summed E-state index contributed by atoms with van der Waals surface area (Å²) in [6, 6.07) is 7.14. The Kier molecular flexibility index (Phi) is 5.78. The monoisotopic (exact) mass is 428 g/mol. The van der Waals surface area contributed by atoms with Gasteiger partial charge in [0.1, 0.15) is 5.00 Å². The quantitative estimate of drug-likeness (QED) is 0.589. The molecule has 1 N–H and O–H groups in total. The molecular weight excluding hydrogens is 404 g/mol. The predicted molar refractivity (Wildman–Crippen MR) is 116 cm³/mol. The van der Waals surface area contributed by atoms with E-state index in [-0.39, 0.29) is 12.4 Å². The van der Waals surface area contributed by atoms with Gasteiger partial charge >= 0.3 is 5.97 Å². The summed E-state index contributed by atoms with van der Waals surface area (Å²) in [5, 5.41) is 4.16. The topological polar surface area (TPSA) is 81.0 Å². The van der Waals surface area contributed by atoms with Crippen molar-refractivity contribution in [1.82, 2.24) is 4.90 Å². The number of para-hydroxylation sites is 1. The van der Waals surface area contributed by atoms with Crippen LogP contribution in [0.25, 0.3) is 11.0 Å². The zero-order valence-corrected chi connectivity index (χ0v) is 18.1. The summed E-state index contributed by atoms with van der Waals surface area (Å²) < 4.78 is 16.3. The van der Waals surface area contributed by atoms with E-state index in [0.717, 1.165) is 41.9 Å². The molecule has 1 amide bonds. The lowest BCUT2D eigenvalue weighted by molar-refractivity contribution is 0.0526. The van der Waals surface area contributed by atoms with E-state index >= 15 is 0 Å². The molecule has 3 aromatic rings. The number of hydrogen-bond donors (Lipinski definition) is 1. The summed E-state index contributed by atoms with van der Waals surface area (Å²) in [7, 11) is 1.55. The highest BCUT2D eigenvalue weighted by Gasteiger charge is 2.29. The van der Waals surface area contributed by atoms with Crippen LogP contribution in [-0.4, -0.2) is 43.6 Å². The maximum atomic E-state index is 12.9. The standard InChI is InChI=1S/C22H24N2O5S/c1-4-24-10-9-14-17(12-24)30-21(18(14)22(26)28-5-2)23-20(25)16-11-13-7-6-8-15(27-3)19(13)29-16/h6-8,11H,4-5,9-10,12H2,1-3H3,(H,23,25). The van der Waals surface area contributed by atoms with E-state index in [2.05, 4.69) is 17.1 Å². The van der Waals surface area contributed by atoms with Crippen LogP contribution in [0.3, 0.4) is 0 Å². The van der Waals surface area contributed by atoms with E-state index in [9.17, 15) is 9.59 Å². The van der Waals surface area contributed by atoms with E-state index in [4.69, 9.17) is 13.9 Å². The Hall–Kier alpha value is -2.84. The van der Waals surface area contributed by atoms with Gasteiger partial charge in [0, 0.05) is 23.4 Å². The number of benzene rings is 1. The number of methoxy groups -OCH3 is 1. The molecule has 30 heavy (non-hydrogen) atoms. The molecule has 0 atom stereocenters. The smallest absolute Gasteiger partial charge is 0.341 e. The van der Waals surface area contributed by atoms with E-state index in [1.807, 2.05) is 12.1 Å². The third kappa shape index (κ3) is 3.68. The Balaban J connectivity index is 1.67. The number of anilines is 1. The first-order valence-electron chi connectivity index (χ1n) is 9.97. The molecule has 0 fully saturated rings. The Morgan fingerprint density at radius 1 is 1.30 bits per heavy atom. The number of likely N-dealkylation sites (N-methyl/N-ethyl adjacent to an activating group) is 1. The summed E-state index contributed by atoms with van der Waals surface area (Å²) in [5.74, 6) is -0.0952. The van der Waals surface area contributed by atoms with Gasteiger partial charge in [0.2, 0.25) is 0 Å². The van der Waals surface area contributed by atoms with E-state index in [1.54, 1.807) is 26.2 Å². The number of nitrogens with zero attached hydrogens (tertiary/aromatic N) is 1. The zero-order valence-electron chi connectivity index (χ0n) is 17.2. The molecule has 0 saturated carbocycles. The maximum Gasteiger partial charge on any atom is 0.341 e. The van der Waals surface area contributed by atoms with Crippen LogP contribution in [0, 0.1) is 0 Å². The second-order valence-electron chi connectivity index (χ2n) is 6.99. The molecule has 0 radical (unpaired) electrons. The van der Waals surface area contributed by atoms with Crippen molar-refractivity contribution in [3.8, 4) is 5.75 Å². The molecular formula is C22H24N2O5S. The lowest BCUT2D eigenvalue weighted by Gasteiger charge is -2.25. The second-order valence-corrected chi connectivity index (χ2v) is 8.10. The number of nitrogens with one attached hydrogen (secondary N) is 1. The van der Waals surface area contributed by atoms with Crippen LogP contribution in [0.2, 0.25) is 0 Å². The molecule has 2 aromatic heterocycles. The minimum absolute atomic E-state index is 0.158. The molecule has 0 spiro atoms. The van der Waals surface area contributed by atoms with Crippen molar-refractivity contribution in [2.45, 2.75) is 26.8 Å². The van der Waals surface area contributed by atoms with Gasteiger partial charge in [-0.3, -0.25) is 9.69 Å². The largest absolute Gasteiger partial charge is 0.493 e. The lowest BCUT2D eigenvalue weighted by atomic mass is 10.0. The number of rotatable bonds is 6. The minimum Gasteiger partial charge on any atom is -0.493 e. The Labute approximate surface area is 178 Å². The molecule has 7 nitrogen and oxygen atoms in total. The van der Waals surface area contributed by atoms with Gasteiger partial charge < -0.3 is 19.2 Å². The molecule has 8 heteroatoms. The van der Waals surface area contributed by atoms with Gasteiger partial charge in [-0.15, -0.1) is 11.3 Å². The first-order valence-corrected chi connectivity index (χ1v) is 10.8. The summed E-state index contributed by atoms with van der Waals surface area (Å²) in [6.45, 7) is 6.75. The fraction of sp³-hybridized carbons (Fsp3) is 0.364. The number of thiophene rings is 1. The van der Waals surface area contributed by atoms with E-state index in [1.165, 1.54) is 11.3 Å². The SMILES string of the molecule is CCOC(=O)c1c(NC(=O)c2cc3cccc(OC)c3o2)sc2c1CCN(CC)C2. The first kappa shape index (κ1) is 20.4. The summed E-state index contributed by atoms with van der Waals surface area (Å²) in [6.07, 6.45) is 0.755. The minimum atomic E-state index is -0.412. The maximum absolute atomic E-state index is 12.9. The highest BCUT2D eigenvalue weighted by atomic mass is 32.1. The number of amides is 1. The van der Waals surface area contributed by atoms with Gasteiger partial charge in [-0.2, -0.15) is 0 Å². The average molecular weight is 429 g/mol. The molecule has 0 bridgehead atoms. The highest BCUT2D eigenvalue weighted by Crippen LogP contribution is 2.38. The van der Waals surface area contributed by atoms with E-state index in [0.29, 0.717) is 21.9 Å². The fourth-order valence-corrected chi connectivity index (χ4v) is 4.98. The molecule has 4 rings (SSSR count). The average Bonchev–Trinajstić information content (AvgIpc) is 3.34. The number of carbonyl (C=O) groups is 2. The molecule has 1 aromatic carbocycles. The normalized spacial score (nSPS) is 13.8. The van der Waals surface area contributed by atoms with Crippen molar-refractivity contribution in [1.29, 1.82) is 0 Å². The Morgan fingerprint density at radius 2 is 2.13 bits per heavy atom. The van der Waals surface area contributed by atoms with Crippen LogP contribution in [0.5, 0.6) is 5.75 Å². The molecule has 1 aliphatic heterocycles. The van der Waals surface area contributed by atoms with Crippen molar-refractivity contribution < 1.29 is 23.5 Å². The summed E-state index contributed by atoms with van der Waals surface area (Å²) >= 11 is 1.43. The third-order valence-corrected chi connectivity index (χ3v) is 6.37. The van der Waals surface area contributed by atoms with Gasteiger partial charge in [-0.25, -0.2) is 4.79 Å². The molecule has 0 saturated heterocycles. The van der Waals surface area contributed by atoms with Crippen LogP contribution in [0.4, 0.5) is 5.00 Å². The summed E-state index contributed by atoms with van der Waals surface area (Å²) in [4.78, 5) is 29.0. The van der Waals surface area contributed by atoms with Crippen LogP contribution >= 0.6 is 11.3 Å². The van der Waals surface area contributed by atoms with Crippen molar-refractivity contribution in [3.05, 3.63) is 46.0 Å². The van der Waals surface area contributed by atoms with Gasteiger partial charge in [0.15, 0.2) is 17.1 Å². The van der Waals surface area contributed by atoms with Crippen LogP contribution in [0.15, 0.2) is 28.7 Å². The number of ether oxygens (including phenoxy) is 2. The number of esters is 1. The summed E-state index contributed by atoms with van der Waals surface area (Å²) in [5.41, 5.74) is 1.96. The van der Waals surface area contributed by atoms with E-state index < -0.39 is 11.9 Å². The molecule has 0 unspecified atom stereocenters. The number of furan rings is 1. The highest BCUT2D eigenvalue weighted by molar-refractivity contribution is 7.17. The van der Waals surface area contributed by atoms with Crippen LogP contribution < -0.4 is 10.1 Å². The van der Waals surface area contributed by atoms with Gasteiger partial charge in [0.25, 0.3) is 5.91 Å². The molecule has 1 aliphatic rings. The van der Waals surface area contributed by atoms with Crippen LogP contribution in [0.1, 0.15) is 45.2 Å². The Bertz CT molecular complexity index is 1100. The zero-order chi connectivity index (χ0) is 21.3. The number of hydrogen-bond acceptors (Lipinski definition) is 7. The molecule has 3 heterocycles. The van der Waals surface area contributed by atoms with Crippen molar-refractivity contribution >= 4 is 39.2 Å². The lowest BCUT2D eigenvalue weighted by Crippen LogP contribution is -2.30. The predicted octanol–water partition coefficient (Wildman–Crippen LogP) is 4.31. The number of fused-ring (bicyclic) bond motifs is 2. The van der Waals surface area contributed by atoms with Crippen molar-refractivity contribution in [2.24, 2.45) is 0 Å². The van der Waals surface area contributed by atoms with Crippen molar-refractivity contribution in [3.63, 3.8) is 0 Å². The third-order valence-electron chi connectivity index (χ3n) is 5.24. The second kappa shape index (κ2) is 8.49. The van der Waals surface area contributed by atoms with Gasteiger partial charge in [-0.05, 0) is 37.6 Å². The van der Waals surface area contributed by atoms with Gasteiger partial charge in [0.05, 0.1) is 19.3 Å². The molecule has 0 aliphatic carbocycles.